The van der Waals surface area contributed by atoms with Crippen molar-refractivity contribution in [3.8, 4) is 0 Å². The van der Waals surface area contributed by atoms with Crippen LogP contribution in [0.5, 0.6) is 0 Å². The van der Waals surface area contributed by atoms with Gasteiger partial charge in [0.25, 0.3) is 10.5 Å². The molecule has 0 fully saturated rings. The molecule has 0 aliphatic carbocycles. The number of hydrogen-bond acceptors (Lipinski definition) is 4. The van der Waals surface area contributed by atoms with Crippen LogP contribution in [0.2, 0.25) is 0 Å². The molecule has 0 heterocycles. The second-order valence-electron chi connectivity index (χ2n) is 2.63. The van der Waals surface area contributed by atoms with Crippen LogP contribution < -0.4 is 17.1 Å². The van der Waals surface area contributed by atoms with E-state index in [1.165, 1.54) is 0 Å². The van der Waals surface area contributed by atoms with E-state index in [1.807, 2.05) is 0 Å². The Labute approximate surface area is 100 Å². The highest BCUT2D eigenvalue weighted by atomic mass is 32.1. The minimum atomic E-state index is -0.523. The van der Waals surface area contributed by atoms with Crippen LogP contribution >= 0.6 is 25.3 Å². The second kappa shape index (κ2) is 11.6. The van der Waals surface area contributed by atoms with Crippen molar-refractivity contribution in [2.45, 2.75) is 26.2 Å². The summed E-state index contributed by atoms with van der Waals surface area (Å²) < 4.78 is 0. The second-order valence-corrected chi connectivity index (χ2v) is 3.42. The monoisotopic (exact) mass is 254 g/mol. The summed E-state index contributed by atoms with van der Waals surface area (Å²) in [6.45, 7) is 2.71. The fourth-order valence-corrected chi connectivity index (χ4v) is 0.728. The zero-order valence-electron chi connectivity index (χ0n) is 8.64. The number of carbonyl (C=O) groups excluding carboxylic acids is 2. The van der Waals surface area contributed by atoms with E-state index in [1.54, 1.807) is 5.43 Å². The van der Waals surface area contributed by atoms with Gasteiger partial charge in [-0.3, -0.25) is 20.0 Å². The molecule has 0 aromatic rings. The quantitative estimate of drug-likeness (QED) is 0.169. The van der Waals surface area contributed by atoms with Crippen molar-refractivity contribution < 1.29 is 9.59 Å². The summed E-state index contributed by atoms with van der Waals surface area (Å²) in [5.41, 5.74) is 1.75. The van der Waals surface area contributed by atoms with Gasteiger partial charge in [0.1, 0.15) is 0 Å². The molecule has 0 radical (unpaired) electrons. The largest absolute Gasteiger partial charge is 0.292 e. The maximum absolute atomic E-state index is 10.4. The smallest absolute Gasteiger partial charge is 0.285 e. The van der Waals surface area contributed by atoms with Gasteiger partial charge in [-0.25, -0.2) is 11.7 Å². The van der Waals surface area contributed by atoms with Gasteiger partial charge in [-0.1, -0.05) is 45.0 Å². The van der Waals surface area contributed by atoms with Crippen molar-refractivity contribution in [2.24, 2.45) is 11.7 Å². The fraction of sp³-hybridized carbons (Fsp3) is 0.714. The first-order valence-electron chi connectivity index (χ1n) is 4.40. The first-order chi connectivity index (χ1) is 6.95. The summed E-state index contributed by atoms with van der Waals surface area (Å²) in [5, 5.41) is 0.236. The molecule has 0 aliphatic rings. The maximum Gasteiger partial charge on any atom is 0.292 e. The molecule has 6 nitrogen and oxygen atoms in total. The predicted molar refractivity (Wildman–Crippen MR) is 66.5 cm³/mol. The summed E-state index contributed by atoms with van der Waals surface area (Å²) in [6, 6.07) is 0. The van der Waals surface area contributed by atoms with Crippen LogP contribution in [0.3, 0.4) is 0 Å². The number of rotatable bonds is 4. The van der Waals surface area contributed by atoms with Crippen molar-refractivity contribution in [1.82, 2.24) is 10.4 Å². The number of nitrogens with two attached hydrogens (primary N) is 2. The summed E-state index contributed by atoms with van der Waals surface area (Å²) in [5.74, 6) is 9.76. The third kappa shape index (κ3) is 16.2. The summed E-state index contributed by atoms with van der Waals surface area (Å²) in [4.78, 5) is 19.8. The van der Waals surface area contributed by atoms with E-state index in [-0.39, 0.29) is 5.24 Å². The molecule has 0 aromatic carbocycles. The van der Waals surface area contributed by atoms with E-state index in [9.17, 15) is 9.59 Å². The molecule has 90 valence electrons. The molecule has 2 amide bonds. The number of carbonyl (C=O) groups is 2. The molecule has 0 atom stereocenters. The van der Waals surface area contributed by atoms with Crippen molar-refractivity contribution >= 4 is 35.7 Å². The van der Waals surface area contributed by atoms with E-state index < -0.39 is 5.24 Å². The summed E-state index contributed by atoms with van der Waals surface area (Å²) in [7, 11) is 0. The highest BCUT2D eigenvalue weighted by Gasteiger charge is 2.00. The van der Waals surface area contributed by atoms with Gasteiger partial charge in [-0.2, -0.15) is 0 Å². The van der Waals surface area contributed by atoms with Gasteiger partial charge in [-0.05, 0) is 6.42 Å². The van der Waals surface area contributed by atoms with Crippen LogP contribution in [0.15, 0.2) is 0 Å². The fourth-order valence-electron chi connectivity index (χ4n) is 0.628. The lowest BCUT2D eigenvalue weighted by atomic mass is 10.2. The molecule has 0 unspecified atom stereocenters. The third-order valence-electron chi connectivity index (χ3n) is 1.37. The number of nitrogens with one attached hydrogen (secondary N) is 1. The molecule has 0 saturated carbocycles. The van der Waals surface area contributed by atoms with Crippen LogP contribution in [0.4, 0.5) is 9.59 Å². The van der Waals surface area contributed by atoms with E-state index in [4.69, 9.17) is 5.84 Å². The lowest BCUT2D eigenvalue weighted by molar-refractivity contribution is 0.223. The van der Waals surface area contributed by atoms with Crippen LogP contribution in [-0.2, 0) is 0 Å². The summed E-state index contributed by atoms with van der Waals surface area (Å²) in [6.07, 6.45) is 3.20. The maximum atomic E-state index is 10.4. The number of nitrogens with zero attached hydrogens (tertiary/aromatic N) is 1. The lowest BCUT2D eigenvalue weighted by Gasteiger charge is -2.11. The van der Waals surface area contributed by atoms with Gasteiger partial charge < -0.3 is 0 Å². The van der Waals surface area contributed by atoms with Crippen LogP contribution in [0, 0.1) is 0 Å². The first kappa shape index (κ1) is 17.0. The molecule has 0 saturated heterocycles. The zero-order valence-corrected chi connectivity index (χ0v) is 10.4. The van der Waals surface area contributed by atoms with Gasteiger partial charge in [0.15, 0.2) is 0 Å². The molecule has 15 heavy (non-hydrogen) atoms. The standard InChI is InChI=1S/C6H14N2OS.CH4N2OS/c1-2-3-4-5-8(7)6(9)10;2-3-1(4)5/h2-5,7H2,1H3,(H,9,10);2H2,(H2,3,4,5). The van der Waals surface area contributed by atoms with Crippen molar-refractivity contribution in [3.63, 3.8) is 0 Å². The molecule has 5 N–H and O–H groups in total. The van der Waals surface area contributed by atoms with Gasteiger partial charge in [0, 0.05) is 6.54 Å². The van der Waals surface area contributed by atoms with E-state index in [0.717, 1.165) is 24.3 Å². The number of unbranched alkanes of at least 4 members (excludes halogenated alkanes) is 2. The highest BCUT2D eigenvalue weighted by Crippen LogP contribution is 1.96. The normalized spacial score (nSPS) is 8.60. The molecule has 0 rings (SSSR count). The van der Waals surface area contributed by atoms with Crippen LogP contribution in [0.25, 0.3) is 0 Å². The molecular formula is C7H18N4O2S2. The van der Waals surface area contributed by atoms with Crippen LogP contribution in [0.1, 0.15) is 26.2 Å². The molecule has 0 aliphatic heterocycles. The minimum Gasteiger partial charge on any atom is -0.285 e. The van der Waals surface area contributed by atoms with Crippen molar-refractivity contribution in [3.05, 3.63) is 0 Å². The number of hydrogen-bond donors (Lipinski definition) is 5. The Balaban J connectivity index is 0. The van der Waals surface area contributed by atoms with Crippen LogP contribution in [-0.4, -0.2) is 22.0 Å². The lowest BCUT2D eigenvalue weighted by Crippen LogP contribution is -2.34. The Morgan fingerprint density at radius 3 is 2.07 bits per heavy atom. The van der Waals surface area contributed by atoms with Crippen molar-refractivity contribution in [1.29, 1.82) is 0 Å². The Hall–Kier alpha value is -0.440. The average Bonchev–Trinajstić information content (AvgIpc) is 2.18. The number of hydrazine groups is 2. The number of amides is 2. The van der Waals surface area contributed by atoms with Crippen molar-refractivity contribution in [2.75, 3.05) is 6.54 Å². The Morgan fingerprint density at radius 2 is 1.80 bits per heavy atom. The minimum absolute atomic E-state index is 0.365. The summed E-state index contributed by atoms with van der Waals surface area (Å²) >= 11 is 6.78. The number of thiol groups is 2. The molecule has 0 spiro atoms. The van der Waals surface area contributed by atoms with Gasteiger partial charge in [-0.15, -0.1) is 0 Å². The topological polar surface area (TPSA) is 101 Å². The Kier molecular flexibility index (Phi) is 13.2. The van der Waals surface area contributed by atoms with Gasteiger partial charge in [0.2, 0.25) is 0 Å². The van der Waals surface area contributed by atoms with E-state index in [0.29, 0.717) is 6.54 Å². The first-order valence-corrected chi connectivity index (χ1v) is 5.29. The average molecular weight is 254 g/mol. The molecular weight excluding hydrogens is 236 g/mol. The predicted octanol–water partition coefficient (Wildman–Crippen LogP) is 0.902. The molecule has 0 aromatic heterocycles. The Morgan fingerprint density at radius 1 is 1.33 bits per heavy atom. The van der Waals surface area contributed by atoms with Gasteiger partial charge >= 0.3 is 0 Å². The van der Waals surface area contributed by atoms with E-state index >= 15 is 0 Å². The third-order valence-corrected chi connectivity index (χ3v) is 1.76. The zero-order chi connectivity index (χ0) is 12.3. The highest BCUT2D eigenvalue weighted by molar-refractivity contribution is 7.96. The van der Waals surface area contributed by atoms with E-state index in [2.05, 4.69) is 38.0 Å². The SMILES string of the molecule is CCCCCN(N)C(=O)S.NNC(=O)S. The van der Waals surface area contributed by atoms with Gasteiger partial charge in [0.05, 0.1) is 0 Å². The molecule has 8 heteroatoms. The molecule has 0 bridgehead atoms. The Bertz CT molecular complexity index is 192.